The molecule has 0 aliphatic rings. The van der Waals surface area contributed by atoms with Crippen LogP contribution in [-0.4, -0.2) is 22.0 Å². The highest BCUT2D eigenvalue weighted by atomic mass is 16.5. The molecule has 8 nitrogen and oxygen atoms in total. The van der Waals surface area contributed by atoms with E-state index >= 15 is 0 Å². The highest BCUT2D eigenvalue weighted by molar-refractivity contribution is 6.05. The van der Waals surface area contributed by atoms with Gasteiger partial charge in [-0.05, 0) is 61.0 Å². The first-order valence-electron chi connectivity index (χ1n) is 11.6. The second kappa shape index (κ2) is 11.2. The summed E-state index contributed by atoms with van der Waals surface area (Å²) in [5, 5.41) is 25.5. The molecule has 0 aliphatic carbocycles. The van der Waals surface area contributed by atoms with Crippen LogP contribution in [0, 0.1) is 6.92 Å². The number of ether oxygens (including phenoxy) is 2. The molecule has 0 radical (unpaired) electrons. The molecule has 38 heavy (non-hydrogen) atoms. The number of rotatable bonds is 8. The number of benzene rings is 4. The van der Waals surface area contributed by atoms with E-state index in [1.165, 1.54) is 31.2 Å². The van der Waals surface area contributed by atoms with E-state index < -0.39 is 0 Å². The molecule has 192 valence electrons. The van der Waals surface area contributed by atoms with E-state index in [9.17, 15) is 19.8 Å². The summed E-state index contributed by atoms with van der Waals surface area (Å²) in [6.07, 6.45) is 1.63. The van der Waals surface area contributed by atoms with Gasteiger partial charge in [0.25, 0.3) is 5.91 Å². The summed E-state index contributed by atoms with van der Waals surface area (Å²) in [5.41, 5.74) is 2.61. The minimum Gasteiger partial charge on any atom is -0.506 e. The number of phenols is 2. The first-order valence-corrected chi connectivity index (χ1v) is 11.6. The lowest BCUT2D eigenvalue weighted by atomic mass is 10.1. The van der Waals surface area contributed by atoms with E-state index in [1.54, 1.807) is 48.5 Å². The van der Waals surface area contributed by atoms with Crippen molar-refractivity contribution in [2.75, 3.05) is 10.6 Å². The molecule has 0 fully saturated rings. The average molecular weight is 511 g/mol. The summed E-state index contributed by atoms with van der Waals surface area (Å²) >= 11 is 0. The van der Waals surface area contributed by atoms with Gasteiger partial charge in [-0.1, -0.05) is 30.4 Å². The third kappa shape index (κ3) is 6.50. The Balaban J connectivity index is 1.55. The summed E-state index contributed by atoms with van der Waals surface area (Å²) < 4.78 is 11.9. The van der Waals surface area contributed by atoms with Crippen LogP contribution in [0.4, 0.5) is 11.4 Å². The molecular weight excluding hydrogens is 484 g/mol. The largest absolute Gasteiger partial charge is 0.506 e. The molecule has 0 bridgehead atoms. The van der Waals surface area contributed by atoms with E-state index in [4.69, 9.17) is 9.47 Å². The van der Waals surface area contributed by atoms with Crippen LogP contribution in [0.3, 0.4) is 0 Å². The lowest BCUT2D eigenvalue weighted by Gasteiger charge is -2.14. The van der Waals surface area contributed by atoms with Gasteiger partial charge < -0.3 is 30.3 Å². The van der Waals surface area contributed by atoms with Crippen molar-refractivity contribution >= 4 is 29.3 Å². The molecule has 0 saturated heterocycles. The van der Waals surface area contributed by atoms with Gasteiger partial charge in [0.15, 0.2) is 0 Å². The van der Waals surface area contributed by atoms with E-state index in [0.29, 0.717) is 34.1 Å². The summed E-state index contributed by atoms with van der Waals surface area (Å²) in [5.74, 6) is 0.692. The molecule has 0 saturated carbocycles. The van der Waals surface area contributed by atoms with Crippen LogP contribution in [0.25, 0.3) is 6.08 Å². The van der Waals surface area contributed by atoms with E-state index in [2.05, 4.69) is 17.2 Å². The smallest absolute Gasteiger partial charge is 0.255 e. The van der Waals surface area contributed by atoms with Crippen LogP contribution in [0.1, 0.15) is 28.4 Å². The SMILES string of the molecule is C=Cc1cc(Oc2ccc(O)c(NC(C)=O)c2)cc(Oc2ccc(O)c(NC(=O)c3ccc(C)cc3)c2)c1. The molecule has 0 atom stereocenters. The normalized spacial score (nSPS) is 10.4. The lowest BCUT2D eigenvalue weighted by molar-refractivity contribution is -0.114. The van der Waals surface area contributed by atoms with Gasteiger partial charge in [-0.25, -0.2) is 0 Å². The number of amides is 2. The fourth-order valence-electron chi connectivity index (χ4n) is 3.55. The zero-order chi connectivity index (χ0) is 27.2. The van der Waals surface area contributed by atoms with Crippen molar-refractivity contribution in [1.82, 2.24) is 0 Å². The molecule has 2 amide bonds. The van der Waals surface area contributed by atoms with Gasteiger partial charge in [-0.3, -0.25) is 9.59 Å². The van der Waals surface area contributed by atoms with E-state index in [0.717, 1.165) is 5.56 Å². The molecule has 0 aromatic heterocycles. The molecular formula is C30H26N2O6. The Kier molecular flexibility index (Phi) is 7.63. The Morgan fingerprint density at radius 2 is 1.26 bits per heavy atom. The minimum atomic E-state index is -0.366. The van der Waals surface area contributed by atoms with Crippen molar-refractivity contribution in [2.24, 2.45) is 0 Å². The number of hydrogen-bond donors (Lipinski definition) is 4. The van der Waals surface area contributed by atoms with Crippen molar-refractivity contribution in [3.05, 3.63) is 102 Å². The van der Waals surface area contributed by atoms with Gasteiger partial charge in [0, 0.05) is 30.7 Å². The Labute approximate surface area is 219 Å². The first kappa shape index (κ1) is 25.8. The van der Waals surface area contributed by atoms with Gasteiger partial charge in [-0.2, -0.15) is 0 Å². The van der Waals surface area contributed by atoms with Gasteiger partial charge in [0.2, 0.25) is 5.91 Å². The Hall–Kier alpha value is -5.24. The number of nitrogens with one attached hydrogen (secondary N) is 2. The third-order valence-electron chi connectivity index (χ3n) is 5.42. The summed E-state index contributed by atoms with van der Waals surface area (Å²) in [4.78, 5) is 24.0. The Morgan fingerprint density at radius 1 is 0.737 bits per heavy atom. The Bertz CT molecular complexity index is 1510. The summed E-state index contributed by atoms with van der Waals surface area (Å²) in [6.45, 7) is 7.08. The number of carbonyl (C=O) groups is 2. The fraction of sp³-hybridized carbons (Fsp3) is 0.0667. The molecule has 0 spiro atoms. The number of carbonyl (C=O) groups excluding carboxylic acids is 2. The topological polar surface area (TPSA) is 117 Å². The van der Waals surface area contributed by atoms with Crippen molar-refractivity contribution < 1.29 is 29.3 Å². The third-order valence-corrected chi connectivity index (χ3v) is 5.42. The zero-order valence-electron chi connectivity index (χ0n) is 20.8. The van der Waals surface area contributed by atoms with Crippen LogP contribution >= 0.6 is 0 Å². The van der Waals surface area contributed by atoms with E-state index in [-0.39, 0.29) is 34.7 Å². The van der Waals surface area contributed by atoms with Crippen LogP contribution in [0.15, 0.2) is 85.4 Å². The summed E-state index contributed by atoms with van der Waals surface area (Å²) in [6, 6.07) is 21.2. The number of anilines is 2. The van der Waals surface area contributed by atoms with Crippen molar-refractivity contribution in [1.29, 1.82) is 0 Å². The second-order valence-electron chi connectivity index (χ2n) is 8.51. The first-order chi connectivity index (χ1) is 18.2. The highest BCUT2D eigenvalue weighted by Crippen LogP contribution is 2.36. The maximum Gasteiger partial charge on any atom is 0.255 e. The fourth-order valence-corrected chi connectivity index (χ4v) is 3.55. The molecule has 4 aromatic carbocycles. The molecule has 0 heterocycles. The number of hydrogen-bond acceptors (Lipinski definition) is 6. The van der Waals surface area contributed by atoms with Gasteiger partial charge in [-0.15, -0.1) is 0 Å². The van der Waals surface area contributed by atoms with Crippen LogP contribution < -0.4 is 20.1 Å². The number of phenolic OH excluding ortho intramolecular Hbond substituents is 2. The summed E-state index contributed by atoms with van der Waals surface area (Å²) in [7, 11) is 0. The highest BCUT2D eigenvalue weighted by Gasteiger charge is 2.12. The molecule has 0 aliphatic heterocycles. The minimum absolute atomic E-state index is 0.0889. The van der Waals surface area contributed by atoms with Gasteiger partial charge in [0.1, 0.15) is 34.5 Å². The Morgan fingerprint density at radius 3 is 1.76 bits per heavy atom. The predicted octanol–water partition coefficient (Wildman–Crippen LogP) is 6.84. The van der Waals surface area contributed by atoms with Crippen LogP contribution in [-0.2, 0) is 4.79 Å². The number of aromatic hydroxyl groups is 2. The van der Waals surface area contributed by atoms with Crippen molar-refractivity contribution in [2.45, 2.75) is 13.8 Å². The average Bonchev–Trinajstić information content (AvgIpc) is 2.88. The predicted molar refractivity (Wildman–Crippen MR) is 146 cm³/mol. The molecule has 4 rings (SSSR count). The molecule has 4 aromatic rings. The van der Waals surface area contributed by atoms with Gasteiger partial charge in [0.05, 0.1) is 11.4 Å². The maximum absolute atomic E-state index is 12.6. The zero-order valence-corrected chi connectivity index (χ0v) is 20.8. The van der Waals surface area contributed by atoms with Crippen molar-refractivity contribution in [3.63, 3.8) is 0 Å². The maximum atomic E-state index is 12.6. The van der Waals surface area contributed by atoms with Crippen LogP contribution in [0.5, 0.6) is 34.5 Å². The van der Waals surface area contributed by atoms with Crippen LogP contribution in [0.2, 0.25) is 0 Å². The molecule has 4 N–H and O–H groups in total. The standard InChI is InChI=1S/C30H26N2O6/c1-4-20-13-24(37-22-9-11-28(34)26(16-22)31-19(3)33)15-25(14-20)38-23-10-12-29(35)27(17-23)32-30(36)21-7-5-18(2)6-8-21/h4-17,34-35H,1H2,2-3H3,(H,31,33)(H,32,36). The molecule has 0 unspecified atom stereocenters. The number of aryl methyl sites for hydroxylation is 1. The van der Waals surface area contributed by atoms with Crippen molar-refractivity contribution in [3.8, 4) is 34.5 Å². The quantitative estimate of drug-likeness (QED) is 0.193. The lowest BCUT2D eigenvalue weighted by Crippen LogP contribution is -2.11. The molecule has 8 heteroatoms. The monoisotopic (exact) mass is 510 g/mol. The second-order valence-corrected chi connectivity index (χ2v) is 8.51. The van der Waals surface area contributed by atoms with Gasteiger partial charge >= 0.3 is 0 Å². The van der Waals surface area contributed by atoms with E-state index in [1.807, 2.05) is 19.1 Å².